The van der Waals surface area contributed by atoms with E-state index in [0.29, 0.717) is 27.9 Å². The summed E-state index contributed by atoms with van der Waals surface area (Å²) in [6.07, 6.45) is 0.571. The van der Waals surface area contributed by atoms with E-state index in [0.717, 1.165) is 22.6 Å². The summed E-state index contributed by atoms with van der Waals surface area (Å²) in [5.41, 5.74) is 3.37. The number of methoxy groups -OCH3 is 1. The Hall–Kier alpha value is -2.24. The van der Waals surface area contributed by atoms with Gasteiger partial charge in [-0.3, -0.25) is 4.79 Å². The van der Waals surface area contributed by atoms with Crippen LogP contribution in [-0.4, -0.2) is 17.1 Å². The zero-order valence-corrected chi connectivity index (χ0v) is 16.2. The lowest BCUT2D eigenvalue weighted by Crippen LogP contribution is -2.17. The van der Waals surface area contributed by atoms with Gasteiger partial charge in [0.05, 0.1) is 7.11 Å². The van der Waals surface area contributed by atoms with Crippen molar-refractivity contribution in [2.75, 3.05) is 7.11 Å². The van der Waals surface area contributed by atoms with Crippen molar-refractivity contribution in [1.29, 1.82) is 0 Å². The average Bonchev–Trinajstić information content (AvgIpc) is 2.65. The van der Waals surface area contributed by atoms with E-state index >= 15 is 0 Å². The molecule has 3 aromatic rings. The predicted molar refractivity (Wildman–Crippen MR) is 106 cm³/mol. The van der Waals surface area contributed by atoms with E-state index in [4.69, 9.17) is 16.3 Å². The molecule has 0 saturated carbocycles. The number of thioether (sulfide) groups is 1. The summed E-state index contributed by atoms with van der Waals surface area (Å²) in [6, 6.07) is 15.4. The summed E-state index contributed by atoms with van der Waals surface area (Å²) in [6.45, 7) is 1.87. The van der Waals surface area contributed by atoms with Crippen LogP contribution < -0.4 is 10.3 Å². The van der Waals surface area contributed by atoms with Gasteiger partial charge in [-0.2, -0.15) is 0 Å². The molecule has 0 unspecified atom stereocenters. The molecule has 0 bridgehead atoms. The van der Waals surface area contributed by atoms with Crippen LogP contribution in [0.15, 0.2) is 58.5 Å². The Kier molecular flexibility index (Phi) is 6.01. The van der Waals surface area contributed by atoms with Crippen molar-refractivity contribution in [3.63, 3.8) is 0 Å². The highest BCUT2D eigenvalue weighted by Gasteiger charge is 2.11. The first-order valence-corrected chi connectivity index (χ1v) is 9.52. The minimum Gasteiger partial charge on any atom is -0.497 e. The second-order valence-electron chi connectivity index (χ2n) is 5.84. The van der Waals surface area contributed by atoms with Crippen LogP contribution in [0.1, 0.15) is 22.4 Å². The van der Waals surface area contributed by atoms with Crippen molar-refractivity contribution >= 4 is 23.4 Å². The van der Waals surface area contributed by atoms with E-state index in [9.17, 15) is 4.79 Å². The topological polar surface area (TPSA) is 55.0 Å². The van der Waals surface area contributed by atoms with E-state index < -0.39 is 0 Å². The first-order valence-electron chi connectivity index (χ1n) is 8.15. The largest absolute Gasteiger partial charge is 0.497 e. The maximum atomic E-state index is 12.5. The molecule has 4 nitrogen and oxygen atoms in total. The first-order chi connectivity index (χ1) is 12.6. The van der Waals surface area contributed by atoms with Crippen molar-refractivity contribution in [1.82, 2.24) is 9.97 Å². The zero-order valence-electron chi connectivity index (χ0n) is 14.6. The number of H-pyrrole nitrogens is 1. The van der Waals surface area contributed by atoms with E-state index in [-0.39, 0.29) is 5.56 Å². The van der Waals surface area contributed by atoms with Gasteiger partial charge >= 0.3 is 0 Å². The number of aromatic nitrogens is 2. The highest BCUT2D eigenvalue weighted by atomic mass is 35.5. The molecule has 0 aliphatic rings. The molecule has 1 N–H and O–H groups in total. The van der Waals surface area contributed by atoms with Crippen LogP contribution in [0.5, 0.6) is 5.75 Å². The fourth-order valence-electron chi connectivity index (χ4n) is 2.60. The summed E-state index contributed by atoms with van der Waals surface area (Å²) in [5.74, 6) is 1.34. The molecule has 1 aromatic heterocycles. The molecule has 0 aliphatic heterocycles. The van der Waals surface area contributed by atoms with Gasteiger partial charge in [0.25, 0.3) is 5.56 Å². The second-order valence-corrected chi connectivity index (χ2v) is 7.21. The van der Waals surface area contributed by atoms with Crippen LogP contribution in [0.25, 0.3) is 0 Å². The molecule has 26 heavy (non-hydrogen) atoms. The average molecular weight is 387 g/mol. The van der Waals surface area contributed by atoms with Gasteiger partial charge in [0, 0.05) is 28.5 Å². The number of nitrogens with one attached hydrogen (secondary N) is 1. The third-order valence-corrected chi connectivity index (χ3v) is 5.33. The van der Waals surface area contributed by atoms with Gasteiger partial charge in [-0.1, -0.05) is 53.7 Å². The standard InChI is InChI=1S/C20H19ClN2O2S/c1-13-17(10-14-6-4-3-5-7-14)19(24)23-20(22-13)26-12-15-11-16(25-2)8-9-18(15)21/h3-9,11H,10,12H2,1-2H3,(H,22,23,24). The number of aromatic amines is 1. The Labute approximate surface area is 161 Å². The summed E-state index contributed by atoms with van der Waals surface area (Å²) in [7, 11) is 1.62. The molecule has 6 heteroatoms. The number of aryl methyl sites for hydroxylation is 1. The van der Waals surface area contributed by atoms with Crippen LogP contribution >= 0.6 is 23.4 Å². The smallest absolute Gasteiger partial charge is 0.255 e. The molecule has 0 atom stereocenters. The summed E-state index contributed by atoms with van der Waals surface area (Å²) in [4.78, 5) is 19.9. The molecule has 0 saturated heterocycles. The quantitative estimate of drug-likeness (QED) is 0.496. The molecule has 0 spiro atoms. The minimum atomic E-state index is -0.0967. The Morgan fingerprint density at radius 3 is 2.65 bits per heavy atom. The highest BCUT2D eigenvalue weighted by Crippen LogP contribution is 2.28. The van der Waals surface area contributed by atoms with Crippen LogP contribution in [0.4, 0.5) is 0 Å². The van der Waals surface area contributed by atoms with Gasteiger partial charge in [0.1, 0.15) is 5.75 Å². The second kappa shape index (κ2) is 8.43. The van der Waals surface area contributed by atoms with Crippen LogP contribution in [-0.2, 0) is 12.2 Å². The first kappa shape index (κ1) is 18.5. The molecule has 0 radical (unpaired) electrons. The van der Waals surface area contributed by atoms with Gasteiger partial charge in [-0.15, -0.1) is 0 Å². The molecule has 0 aliphatic carbocycles. The monoisotopic (exact) mass is 386 g/mol. The fourth-order valence-corrected chi connectivity index (χ4v) is 3.76. The van der Waals surface area contributed by atoms with Crippen molar-refractivity contribution in [2.45, 2.75) is 24.3 Å². The number of halogens is 1. The number of rotatable bonds is 6. The molecular formula is C20H19ClN2O2S. The summed E-state index contributed by atoms with van der Waals surface area (Å²) < 4.78 is 5.23. The van der Waals surface area contributed by atoms with Crippen LogP contribution in [0.3, 0.4) is 0 Å². The molecule has 0 amide bonds. The summed E-state index contributed by atoms with van der Waals surface area (Å²) in [5, 5.41) is 1.25. The van der Waals surface area contributed by atoms with Crippen molar-refractivity contribution in [3.8, 4) is 5.75 Å². The van der Waals surface area contributed by atoms with Gasteiger partial charge in [-0.05, 0) is 36.2 Å². The maximum Gasteiger partial charge on any atom is 0.255 e. The number of hydrogen-bond donors (Lipinski definition) is 1. The Morgan fingerprint density at radius 1 is 1.19 bits per heavy atom. The van der Waals surface area contributed by atoms with Gasteiger partial charge in [0.15, 0.2) is 5.16 Å². The van der Waals surface area contributed by atoms with Crippen molar-refractivity contribution < 1.29 is 4.74 Å². The number of nitrogens with zero attached hydrogens (tertiary/aromatic N) is 1. The lowest BCUT2D eigenvalue weighted by atomic mass is 10.1. The third-order valence-electron chi connectivity index (χ3n) is 4.04. The van der Waals surface area contributed by atoms with Gasteiger partial charge in [-0.25, -0.2) is 4.98 Å². The number of hydrogen-bond acceptors (Lipinski definition) is 4. The van der Waals surface area contributed by atoms with Crippen molar-refractivity contribution in [2.24, 2.45) is 0 Å². The predicted octanol–water partition coefficient (Wildman–Crippen LogP) is 4.62. The van der Waals surface area contributed by atoms with E-state index in [1.165, 1.54) is 11.8 Å². The summed E-state index contributed by atoms with van der Waals surface area (Å²) >= 11 is 7.68. The molecular weight excluding hydrogens is 368 g/mol. The fraction of sp³-hybridized carbons (Fsp3) is 0.200. The highest BCUT2D eigenvalue weighted by molar-refractivity contribution is 7.98. The van der Waals surface area contributed by atoms with E-state index in [1.54, 1.807) is 13.2 Å². The molecule has 134 valence electrons. The van der Waals surface area contributed by atoms with E-state index in [1.807, 2.05) is 49.4 Å². The Morgan fingerprint density at radius 2 is 1.96 bits per heavy atom. The maximum absolute atomic E-state index is 12.5. The third kappa shape index (κ3) is 4.48. The van der Waals surface area contributed by atoms with Crippen molar-refractivity contribution in [3.05, 3.63) is 86.3 Å². The van der Waals surface area contributed by atoms with Crippen LogP contribution in [0.2, 0.25) is 5.02 Å². The molecule has 0 fully saturated rings. The number of benzene rings is 2. The normalized spacial score (nSPS) is 10.7. The molecule has 2 aromatic carbocycles. The number of ether oxygens (including phenoxy) is 1. The SMILES string of the molecule is COc1ccc(Cl)c(CSc2nc(C)c(Cc3ccccc3)c(=O)[nH]2)c1. The Bertz CT molecular complexity index is 958. The van der Waals surface area contributed by atoms with Gasteiger partial charge < -0.3 is 9.72 Å². The molecule has 1 heterocycles. The zero-order chi connectivity index (χ0) is 18.5. The Balaban J connectivity index is 1.77. The minimum absolute atomic E-state index is 0.0967. The molecule has 3 rings (SSSR count). The lowest BCUT2D eigenvalue weighted by Gasteiger charge is -2.09. The van der Waals surface area contributed by atoms with E-state index in [2.05, 4.69) is 9.97 Å². The lowest BCUT2D eigenvalue weighted by molar-refractivity contribution is 0.414. The van der Waals surface area contributed by atoms with Crippen LogP contribution in [0, 0.1) is 6.92 Å². The van der Waals surface area contributed by atoms with Gasteiger partial charge in [0.2, 0.25) is 0 Å².